The van der Waals surface area contributed by atoms with Gasteiger partial charge in [0.1, 0.15) is 12.1 Å². The molecule has 0 unspecified atom stereocenters. The summed E-state index contributed by atoms with van der Waals surface area (Å²) in [6.45, 7) is 6.84. The van der Waals surface area contributed by atoms with Gasteiger partial charge in [0.25, 0.3) is 5.91 Å². The second-order valence-electron chi connectivity index (χ2n) is 10.5. The molecule has 0 saturated carbocycles. The normalized spacial score (nSPS) is 22.4. The van der Waals surface area contributed by atoms with Crippen LogP contribution in [-0.4, -0.2) is 65.9 Å². The Labute approximate surface area is 219 Å². The van der Waals surface area contributed by atoms with Crippen LogP contribution in [0, 0.1) is 11.8 Å². The van der Waals surface area contributed by atoms with Crippen molar-refractivity contribution in [3.8, 4) is 0 Å². The molecule has 1 N–H and O–H groups in total. The third-order valence-electron chi connectivity index (χ3n) is 8.35. The number of nitrogens with one attached hydrogen (secondary N) is 1. The van der Waals surface area contributed by atoms with E-state index in [4.69, 9.17) is 4.74 Å². The molecule has 1 aliphatic carbocycles. The number of nitrogens with zero attached hydrogens (tertiary/aromatic N) is 2. The molecular formula is C30H37N3O4. The highest BCUT2D eigenvalue weighted by atomic mass is 16.5. The number of hydrogen-bond donors (Lipinski definition) is 1. The summed E-state index contributed by atoms with van der Waals surface area (Å²) in [6.07, 6.45) is 3.25. The van der Waals surface area contributed by atoms with E-state index in [1.54, 1.807) is 0 Å². The Morgan fingerprint density at radius 2 is 1.59 bits per heavy atom. The Morgan fingerprint density at radius 3 is 2.19 bits per heavy atom. The van der Waals surface area contributed by atoms with E-state index in [-0.39, 0.29) is 29.6 Å². The largest absolute Gasteiger partial charge is 0.378 e. The maximum atomic E-state index is 14.0. The highest BCUT2D eigenvalue weighted by molar-refractivity contribution is 5.97. The summed E-state index contributed by atoms with van der Waals surface area (Å²) in [4.78, 5) is 43.9. The monoisotopic (exact) mass is 503 g/mol. The van der Waals surface area contributed by atoms with Crippen molar-refractivity contribution in [2.24, 2.45) is 11.8 Å². The van der Waals surface area contributed by atoms with Gasteiger partial charge in [0, 0.05) is 25.2 Å². The number of piperazine rings is 1. The number of amides is 3. The van der Waals surface area contributed by atoms with E-state index < -0.39 is 12.1 Å². The number of morpholine rings is 1. The fourth-order valence-electron chi connectivity index (χ4n) is 6.18. The van der Waals surface area contributed by atoms with Gasteiger partial charge in [0.05, 0.1) is 13.2 Å². The predicted octanol–water partition coefficient (Wildman–Crippen LogP) is 3.21. The molecule has 3 amide bonds. The van der Waals surface area contributed by atoms with Crippen molar-refractivity contribution < 1.29 is 19.1 Å². The molecular weight excluding hydrogens is 466 g/mol. The highest BCUT2D eigenvalue weighted by Crippen LogP contribution is 2.33. The topological polar surface area (TPSA) is 79.0 Å². The maximum absolute atomic E-state index is 14.0. The Kier molecular flexibility index (Phi) is 7.60. The van der Waals surface area contributed by atoms with Crippen LogP contribution in [0.4, 0.5) is 0 Å². The minimum atomic E-state index is -0.521. The van der Waals surface area contributed by atoms with Gasteiger partial charge in [-0.2, -0.15) is 0 Å². The number of carbonyl (C=O) groups is 3. The summed E-state index contributed by atoms with van der Waals surface area (Å²) in [7, 11) is 0. The number of hydrogen-bond acceptors (Lipinski definition) is 4. The molecule has 3 aliphatic rings. The van der Waals surface area contributed by atoms with Crippen LogP contribution in [0.25, 0.3) is 0 Å². The number of rotatable bonds is 7. The zero-order valence-corrected chi connectivity index (χ0v) is 21.8. The van der Waals surface area contributed by atoms with E-state index >= 15 is 0 Å². The van der Waals surface area contributed by atoms with Crippen LogP contribution in [0.3, 0.4) is 0 Å². The van der Waals surface area contributed by atoms with E-state index in [2.05, 4.69) is 31.3 Å². The second-order valence-corrected chi connectivity index (χ2v) is 10.5. The van der Waals surface area contributed by atoms with Crippen LogP contribution in [0.15, 0.2) is 48.5 Å². The first-order valence-electron chi connectivity index (χ1n) is 13.6. The van der Waals surface area contributed by atoms with Crippen molar-refractivity contribution in [1.29, 1.82) is 0 Å². The Hall–Kier alpha value is -3.19. The van der Waals surface area contributed by atoms with Gasteiger partial charge < -0.3 is 19.9 Å². The van der Waals surface area contributed by atoms with Crippen molar-refractivity contribution in [3.05, 3.63) is 70.8 Å². The van der Waals surface area contributed by atoms with Gasteiger partial charge in [0.15, 0.2) is 0 Å². The number of ether oxygens (including phenoxy) is 1. The van der Waals surface area contributed by atoms with Gasteiger partial charge in [-0.3, -0.25) is 14.4 Å². The lowest BCUT2D eigenvalue weighted by atomic mass is 9.86. The summed E-state index contributed by atoms with van der Waals surface area (Å²) in [6, 6.07) is 14.8. The lowest BCUT2D eigenvalue weighted by Gasteiger charge is -2.43. The molecule has 2 atom stereocenters. The summed E-state index contributed by atoms with van der Waals surface area (Å²) < 4.78 is 5.36. The van der Waals surface area contributed by atoms with Gasteiger partial charge in [-0.1, -0.05) is 63.1 Å². The first kappa shape index (κ1) is 25.5. The molecule has 2 aliphatic heterocycles. The Morgan fingerprint density at radius 1 is 0.973 bits per heavy atom. The highest BCUT2D eigenvalue weighted by Gasteiger charge is 2.46. The number of carbonyl (C=O) groups excluding carboxylic acids is 3. The molecule has 0 bridgehead atoms. The lowest BCUT2D eigenvalue weighted by Crippen LogP contribution is -2.66. The Bertz CT molecular complexity index is 1110. The predicted molar refractivity (Wildman–Crippen MR) is 141 cm³/mol. The first-order chi connectivity index (χ1) is 18.0. The Balaban J connectivity index is 1.36. The van der Waals surface area contributed by atoms with Gasteiger partial charge in [-0.05, 0) is 53.5 Å². The van der Waals surface area contributed by atoms with E-state index in [9.17, 15) is 14.4 Å². The molecule has 5 rings (SSSR count). The number of fused-ring (bicyclic) bond motifs is 1. The van der Waals surface area contributed by atoms with Gasteiger partial charge in [0.2, 0.25) is 11.8 Å². The third-order valence-corrected chi connectivity index (χ3v) is 8.35. The van der Waals surface area contributed by atoms with E-state index in [1.165, 1.54) is 11.1 Å². The molecule has 0 spiro atoms. The summed E-state index contributed by atoms with van der Waals surface area (Å²) in [5.41, 5.74) is 4.09. The zero-order valence-electron chi connectivity index (χ0n) is 21.8. The molecule has 7 heteroatoms. The minimum absolute atomic E-state index is 0.000883. The summed E-state index contributed by atoms with van der Waals surface area (Å²) in [5, 5.41) is 3.13. The summed E-state index contributed by atoms with van der Waals surface area (Å²) >= 11 is 0. The van der Waals surface area contributed by atoms with Crippen molar-refractivity contribution >= 4 is 17.7 Å². The first-order valence-corrected chi connectivity index (χ1v) is 13.6. The van der Waals surface area contributed by atoms with Crippen LogP contribution >= 0.6 is 0 Å². The van der Waals surface area contributed by atoms with Gasteiger partial charge in [-0.25, -0.2) is 0 Å². The summed E-state index contributed by atoms with van der Waals surface area (Å²) in [5.74, 6) is 0.107. The molecule has 0 radical (unpaired) electrons. The van der Waals surface area contributed by atoms with Crippen LogP contribution < -0.4 is 5.32 Å². The molecule has 37 heavy (non-hydrogen) atoms. The van der Waals surface area contributed by atoms with Crippen molar-refractivity contribution in [2.75, 3.05) is 26.3 Å². The molecule has 2 saturated heterocycles. The molecule has 0 aromatic heterocycles. The smallest absolute Gasteiger partial charge is 0.254 e. The fourth-order valence-corrected chi connectivity index (χ4v) is 6.18. The van der Waals surface area contributed by atoms with E-state index in [1.807, 2.05) is 46.2 Å². The SMILES string of the molecule is CCC(CC)[C@@H]1C(=O)N[C@H](C2Cc3ccccc3C2)C(=O)N1Cc1ccc(C(=O)N2CCOCC2)cc1. The lowest BCUT2D eigenvalue weighted by molar-refractivity contribution is -0.154. The zero-order chi connectivity index (χ0) is 25.9. The van der Waals surface area contributed by atoms with E-state index in [0.29, 0.717) is 38.4 Å². The van der Waals surface area contributed by atoms with Crippen LogP contribution in [-0.2, 0) is 33.7 Å². The van der Waals surface area contributed by atoms with Crippen molar-refractivity contribution in [2.45, 2.75) is 58.2 Å². The quantitative estimate of drug-likeness (QED) is 0.630. The van der Waals surface area contributed by atoms with E-state index in [0.717, 1.165) is 31.2 Å². The standard InChI is InChI=1S/C30H37N3O4/c1-3-21(4-2)27-28(34)31-26(25-17-23-7-5-6-8-24(23)18-25)30(36)33(27)19-20-9-11-22(12-10-20)29(35)32-13-15-37-16-14-32/h5-12,21,25-27H,3-4,13-19H2,1-2H3,(H,31,34)/t26-,27-/m1/s1. The molecule has 2 aromatic rings. The average Bonchev–Trinajstić information content (AvgIpc) is 3.37. The minimum Gasteiger partial charge on any atom is -0.378 e. The van der Waals surface area contributed by atoms with Crippen molar-refractivity contribution in [3.63, 3.8) is 0 Å². The van der Waals surface area contributed by atoms with Crippen LogP contribution in [0.1, 0.15) is 53.7 Å². The van der Waals surface area contributed by atoms with Crippen molar-refractivity contribution in [1.82, 2.24) is 15.1 Å². The van der Waals surface area contributed by atoms with Gasteiger partial charge in [-0.15, -0.1) is 0 Å². The second kappa shape index (κ2) is 11.1. The molecule has 2 fully saturated rings. The molecule has 196 valence electrons. The number of benzene rings is 2. The van der Waals surface area contributed by atoms with Crippen LogP contribution in [0.2, 0.25) is 0 Å². The van der Waals surface area contributed by atoms with Crippen LogP contribution in [0.5, 0.6) is 0 Å². The molecule has 7 nitrogen and oxygen atoms in total. The average molecular weight is 504 g/mol. The molecule has 2 heterocycles. The fraction of sp³-hybridized carbons (Fsp3) is 0.500. The third kappa shape index (κ3) is 5.14. The maximum Gasteiger partial charge on any atom is 0.254 e. The molecule has 2 aromatic carbocycles. The van der Waals surface area contributed by atoms with Gasteiger partial charge >= 0.3 is 0 Å².